The third-order valence-electron chi connectivity index (χ3n) is 8.91. The average Bonchev–Trinajstić information content (AvgIpc) is 3.49. The van der Waals surface area contributed by atoms with Gasteiger partial charge in [-0.2, -0.15) is 0 Å². The van der Waals surface area contributed by atoms with E-state index in [2.05, 4.69) is 157 Å². The molecule has 0 radical (unpaired) electrons. The number of rotatable bonds is 6. The fourth-order valence-corrected chi connectivity index (χ4v) is 6.64. The Bertz CT molecular complexity index is 2030. The van der Waals surface area contributed by atoms with E-state index in [1.807, 2.05) is 0 Å². The fourth-order valence-electron chi connectivity index (χ4n) is 6.64. The van der Waals surface area contributed by atoms with Crippen LogP contribution in [0.15, 0.2) is 156 Å². The summed E-state index contributed by atoms with van der Waals surface area (Å²) < 4.78 is 6.40. The molecule has 0 spiro atoms. The van der Waals surface area contributed by atoms with Crippen molar-refractivity contribution < 1.29 is 4.42 Å². The van der Waals surface area contributed by atoms with Gasteiger partial charge < -0.3 is 9.32 Å². The zero-order valence-electron chi connectivity index (χ0n) is 24.6. The summed E-state index contributed by atoms with van der Waals surface area (Å²) in [4.78, 5) is 2.41. The Kier molecular flexibility index (Phi) is 6.81. The lowest BCUT2D eigenvalue weighted by Crippen LogP contribution is -2.17. The maximum Gasteiger partial charge on any atom is 0.142 e. The number of allylic oxidation sites excluding steroid dienone is 5. The van der Waals surface area contributed by atoms with Gasteiger partial charge in [0.25, 0.3) is 0 Å². The normalized spacial score (nSPS) is 14.2. The molecule has 2 aliphatic carbocycles. The summed E-state index contributed by atoms with van der Waals surface area (Å²) in [5.74, 6) is 1.01. The molecule has 0 bridgehead atoms. The third-order valence-corrected chi connectivity index (χ3v) is 8.91. The molecule has 0 N–H and O–H groups in total. The Morgan fingerprint density at radius 3 is 1.86 bits per heavy atom. The van der Waals surface area contributed by atoms with Crippen LogP contribution in [0.2, 0.25) is 0 Å². The molecule has 2 heteroatoms. The van der Waals surface area contributed by atoms with Crippen LogP contribution in [0, 0.1) is 0 Å². The summed E-state index contributed by atoms with van der Waals surface area (Å²) in [6.07, 6.45) is 13.0. The highest BCUT2D eigenvalue weighted by molar-refractivity contribution is 5.96. The van der Waals surface area contributed by atoms with Crippen molar-refractivity contribution in [3.63, 3.8) is 0 Å². The molecular formula is C42H33NO. The van der Waals surface area contributed by atoms with Gasteiger partial charge in [-0.15, -0.1) is 0 Å². The largest absolute Gasteiger partial charge is 0.456 e. The highest BCUT2D eigenvalue weighted by Crippen LogP contribution is 2.40. The van der Waals surface area contributed by atoms with E-state index in [-0.39, 0.29) is 0 Å². The standard InChI is InChI=1S/C42H33NO/c1-3-10-30(11-4-1)32-18-24-35(25-19-32)43(36-26-20-33(21-27-36)31-12-5-2-6-13-31)37-28-22-34(23-29-37)38-15-9-16-40-39-14-7-8-17-41(39)44-42(38)40/h1-6,8-13,15-20,22-26,28-29H,7,14,21,27H2. The number of nitrogens with zero attached hydrogens (tertiary/aromatic N) is 1. The van der Waals surface area contributed by atoms with Gasteiger partial charge in [-0.3, -0.25) is 0 Å². The smallest absolute Gasteiger partial charge is 0.142 e. The number of hydrogen-bond donors (Lipinski definition) is 0. The predicted molar refractivity (Wildman–Crippen MR) is 185 cm³/mol. The molecule has 1 heterocycles. The molecule has 8 rings (SSSR count). The van der Waals surface area contributed by atoms with Crippen molar-refractivity contribution in [2.45, 2.75) is 25.7 Å². The first-order valence-electron chi connectivity index (χ1n) is 15.5. The lowest BCUT2D eigenvalue weighted by atomic mass is 9.94. The van der Waals surface area contributed by atoms with E-state index in [1.165, 1.54) is 38.9 Å². The first-order valence-corrected chi connectivity index (χ1v) is 15.5. The molecule has 0 aliphatic heterocycles. The molecule has 212 valence electrons. The molecule has 1 aromatic heterocycles. The van der Waals surface area contributed by atoms with E-state index in [4.69, 9.17) is 4.42 Å². The summed E-state index contributed by atoms with van der Waals surface area (Å²) in [5.41, 5.74) is 13.4. The lowest BCUT2D eigenvalue weighted by molar-refractivity contribution is 0.596. The van der Waals surface area contributed by atoms with Gasteiger partial charge in [0, 0.05) is 33.6 Å². The SMILES string of the molecule is C1=Cc2oc3c(-c4ccc(N(C5=CC=C(c6ccccc6)CC5)c5ccc(-c6ccccc6)cc5)cc4)cccc3c2CC1. The van der Waals surface area contributed by atoms with Gasteiger partial charge in [-0.05, 0) is 89.9 Å². The van der Waals surface area contributed by atoms with Crippen LogP contribution in [-0.2, 0) is 6.42 Å². The number of para-hydroxylation sites is 1. The summed E-state index contributed by atoms with van der Waals surface area (Å²) in [6, 6.07) is 45.8. The van der Waals surface area contributed by atoms with Crippen LogP contribution in [0.1, 0.15) is 36.1 Å². The minimum atomic E-state index is 0.966. The topological polar surface area (TPSA) is 16.4 Å². The molecule has 0 saturated carbocycles. The van der Waals surface area contributed by atoms with Gasteiger partial charge in [-0.25, -0.2) is 0 Å². The number of hydrogen-bond acceptors (Lipinski definition) is 2. The van der Waals surface area contributed by atoms with Gasteiger partial charge in [0.2, 0.25) is 0 Å². The van der Waals surface area contributed by atoms with Gasteiger partial charge in [0.15, 0.2) is 0 Å². The van der Waals surface area contributed by atoms with E-state index in [9.17, 15) is 0 Å². The van der Waals surface area contributed by atoms with Crippen LogP contribution in [0.25, 0.3) is 44.9 Å². The van der Waals surface area contributed by atoms with E-state index in [0.717, 1.165) is 59.5 Å². The van der Waals surface area contributed by atoms with Crippen LogP contribution in [0.4, 0.5) is 11.4 Å². The number of aryl methyl sites for hydroxylation is 1. The Hall–Kier alpha value is -5.34. The van der Waals surface area contributed by atoms with Crippen molar-refractivity contribution in [1.82, 2.24) is 0 Å². The highest BCUT2D eigenvalue weighted by atomic mass is 16.3. The van der Waals surface area contributed by atoms with Gasteiger partial charge >= 0.3 is 0 Å². The van der Waals surface area contributed by atoms with Gasteiger partial charge in [0.1, 0.15) is 11.3 Å². The minimum Gasteiger partial charge on any atom is -0.456 e. The first-order chi connectivity index (χ1) is 21.8. The Morgan fingerprint density at radius 2 is 1.18 bits per heavy atom. The third kappa shape index (κ3) is 4.89. The van der Waals surface area contributed by atoms with Crippen LogP contribution in [0.3, 0.4) is 0 Å². The zero-order valence-corrected chi connectivity index (χ0v) is 24.6. The molecule has 0 unspecified atom stereocenters. The molecular weight excluding hydrogens is 534 g/mol. The molecule has 5 aromatic carbocycles. The summed E-state index contributed by atoms with van der Waals surface area (Å²) >= 11 is 0. The van der Waals surface area contributed by atoms with Crippen molar-refractivity contribution in [3.05, 3.63) is 168 Å². The lowest BCUT2D eigenvalue weighted by Gasteiger charge is -2.30. The number of fused-ring (bicyclic) bond motifs is 3. The maximum absolute atomic E-state index is 6.40. The van der Waals surface area contributed by atoms with Gasteiger partial charge in [0.05, 0.1) is 0 Å². The van der Waals surface area contributed by atoms with Crippen LogP contribution in [0.5, 0.6) is 0 Å². The van der Waals surface area contributed by atoms with Crippen LogP contribution < -0.4 is 4.90 Å². The van der Waals surface area contributed by atoms with E-state index < -0.39 is 0 Å². The molecule has 0 saturated heterocycles. The Balaban J connectivity index is 1.17. The molecule has 2 nitrogen and oxygen atoms in total. The number of furan rings is 1. The molecule has 44 heavy (non-hydrogen) atoms. The second-order valence-corrected chi connectivity index (χ2v) is 11.6. The quantitative estimate of drug-likeness (QED) is 0.199. The fraction of sp³-hybridized carbons (Fsp3) is 0.0952. The number of benzene rings is 5. The highest BCUT2D eigenvalue weighted by Gasteiger charge is 2.20. The minimum absolute atomic E-state index is 0.966. The maximum atomic E-state index is 6.40. The second-order valence-electron chi connectivity index (χ2n) is 11.6. The summed E-state index contributed by atoms with van der Waals surface area (Å²) in [6.45, 7) is 0. The Labute approximate surface area is 258 Å². The average molecular weight is 568 g/mol. The second kappa shape index (κ2) is 11.4. The molecule has 2 aliphatic rings. The predicted octanol–water partition coefficient (Wildman–Crippen LogP) is 11.6. The van der Waals surface area contributed by atoms with Crippen molar-refractivity contribution in [1.29, 1.82) is 0 Å². The van der Waals surface area contributed by atoms with Crippen molar-refractivity contribution in [2.75, 3.05) is 4.90 Å². The Morgan fingerprint density at radius 1 is 0.523 bits per heavy atom. The van der Waals surface area contributed by atoms with E-state index in [1.54, 1.807) is 0 Å². The van der Waals surface area contributed by atoms with E-state index >= 15 is 0 Å². The van der Waals surface area contributed by atoms with Gasteiger partial charge in [-0.1, -0.05) is 115 Å². The monoisotopic (exact) mass is 567 g/mol. The van der Waals surface area contributed by atoms with Crippen molar-refractivity contribution in [2.24, 2.45) is 0 Å². The zero-order chi connectivity index (χ0) is 29.3. The summed E-state index contributed by atoms with van der Waals surface area (Å²) in [5, 5.41) is 1.24. The first kappa shape index (κ1) is 26.3. The molecule has 0 fully saturated rings. The van der Waals surface area contributed by atoms with Crippen LogP contribution in [-0.4, -0.2) is 0 Å². The summed E-state index contributed by atoms with van der Waals surface area (Å²) in [7, 11) is 0. The van der Waals surface area contributed by atoms with Crippen LogP contribution >= 0.6 is 0 Å². The van der Waals surface area contributed by atoms with E-state index in [0.29, 0.717) is 0 Å². The molecule has 0 amide bonds. The number of anilines is 2. The van der Waals surface area contributed by atoms with Crippen molar-refractivity contribution in [3.8, 4) is 22.3 Å². The van der Waals surface area contributed by atoms with Crippen molar-refractivity contribution >= 4 is 34.0 Å². The molecule has 6 aromatic rings. The molecule has 0 atom stereocenters.